The van der Waals surface area contributed by atoms with Crippen molar-refractivity contribution in [1.29, 1.82) is 0 Å². The smallest absolute Gasteiger partial charge is 0.158 e. The molecule has 0 saturated heterocycles. The molecule has 262 valence electrons. The third-order valence-corrected chi connectivity index (χ3v) is 10.7. The lowest BCUT2D eigenvalue weighted by molar-refractivity contribution is 0.446. The predicted octanol–water partition coefficient (Wildman–Crippen LogP) is 12.4. The normalized spacial score (nSPS) is 12.0. The van der Waals surface area contributed by atoms with Gasteiger partial charge in [-0.1, -0.05) is 120 Å². The van der Waals surface area contributed by atoms with Crippen molar-refractivity contribution in [3.05, 3.63) is 145 Å². The van der Waals surface area contributed by atoms with Gasteiger partial charge in [0, 0.05) is 33.8 Å². The van der Waals surface area contributed by atoms with E-state index in [1.807, 2.05) is 42.5 Å². The highest BCUT2D eigenvalue weighted by Crippen LogP contribution is 2.46. The summed E-state index contributed by atoms with van der Waals surface area (Å²) in [6.45, 7) is 13.1. The van der Waals surface area contributed by atoms with Gasteiger partial charge in [0.2, 0.25) is 0 Å². The van der Waals surface area contributed by atoms with Crippen molar-refractivity contribution < 1.29 is 5.11 Å². The number of fused-ring (bicyclic) bond motifs is 2. The first-order valence-corrected chi connectivity index (χ1v) is 18.7. The second-order valence-corrected chi connectivity index (χ2v) is 16.5. The Labute approximate surface area is 314 Å². The van der Waals surface area contributed by atoms with Gasteiger partial charge in [-0.15, -0.1) is 11.3 Å². The van der Waals surface area contributed by atoms with Crippen molar-refractivity contribution in [2.75, 3.05) is 4.90 Å². The summed E-state index contributed by atoms with van der Waals surface area (Å²) in [6, 6.07) is 39.3. The molecule has 0 aliphatic rings. The van der Waals surface area contributed by atoms with Gasteiger partial charge >= 0.3 is 0 Å². The van der Waals surface area contributed by atoms with Crippen molar-refractivity contribution in [3.63, 3.8) is 0 Å². The topological polar surface area (TPSA) is 75.0 Å². The van der Waals surface area contributed by atoms with E-state index in [0.717, 1.165) is 70.9 Å². The summed E-state index contributed by atoms with van der Waals surface area (Å²) in [5.41, 5.74) is 7.70. The standard InChI is InChI=1S/C46H41N5OS/c1-45(2,3)32-25-34(43(52)36(26-32)46(4,5)6)31-23-35(42-39(24-31)53-44(50-42)30-16-8-7-9-17-30)37-27-47-28-41(49-37)51(40-21-12-13-22-48-40)38-20-14-18-29-15-10-11-19-33(29)38/h7-28,52H,1-6H3. The van der Waals surface area contributed by atoms with Gasteiger partial charge in [-0.05, 0) is 63.7 Å². The van der Waals surface area contributed by atoms with Gasteiger partial charge in [0.1, 0.15) is 16.6 Å². The number of aromatic nitrogens is 4. The highest BCUT2D eigenvalue weighted by atomic mass is 32.1. The van der Waals surface area contributed by atoms with E-state index >= 15 is 0 Å². The Morgan fingerprint density at radius 3 is 2.15 bits per heavy atom. The summed E-state index contributed by atoms with van der Waals surface area (Å²) >= 11 is 1.64. The molecule has 1 N–H and O–H groups in total. The van der Waals surface area contributed by atoms with Crippen molar-refractivity contribution in [2.45, 2.75) is 52.4 Å². The summed E-state index contributed by atoms with van der Waals surface area (Å²) in [6.07, 6.45) is 5.38. The van der Waals surface area contributed by atoms with Crippen molar-refractivity contribution in [2.24, 2.45) is 0 Å². The number of phenols is 1. The first-order valence-electron chi connectivity index (χ1n) is 17.9. The van der Waals surface area contributed by atoms with E-state index in [2.05, 4.69) is 119 Å². The maximum Gasteiger partial charge on any atom is 0.158 e. The summed E-state index contributed by atoms with van der Waals surface area (Å²) < 4.78 is 0.997. The molecule has 0 bridgehead atoms. The molecular formula is C46H41N5OS. The zero-order valence-electron chi connectivity index (χ0n) is 30.8. The van der Waals surface area contributed by atoms with Gasteiger partial charge in [-0.25, -0.2) is 15.0 Å². The lowest BCUT2D eigenvalue weighted by Gasteiger charge is -2.27. The van der Waals surface area contributed by atoms with Gasteiger partial charge in [0.15, 0.2) is 5.82 Å². The molecule has 7 heteroatoms. The molecule has 0 fully saturated rings. The molecule has 53 heavy (non-hydrogen) atoms. The Morgan fingerprint density at radius 1 is 0.642 bits per heavy atom. The second-order valence-electron chi connectivity index (χ2n) is 15.5. The predicted molar refractivity (Wildman–Crippen MR) is 221 cm³/mol. The quantitative estimate of drug-likeness (QED) is 0.185. The highest BCUT2D eigenvalue weighted by Gasteiger charge is 2.27. The number of hydrogen-bond acceptors (Lipinski definition) is 7. The van der Waals surface area contributed by atoms with Crippen LogP contribution in [0.15, 0.2) is 134 Å². The summed E-state index contributed by atoms with van der Waals surface area (Å²) in [5, 5.41) is 15.1. The molecular weight excluding hydrogens is 671 g/mol. The second kappa shape index (κ2) is 13.2. The molecule has 0 saturated carbocycles. The molecule has 0 amide bonds. The number of aromatic hydroxyl groups is 1. The highest BCUT2D eigenvalue weighted by molar-refractivity contribution is 7.21. The third-order valence-electron chi connectivity index (χ3n) is 9.62. The number of pyridine rings is 1. The van der Waals surface area contributed by atoms with E-state index in [1.54, 1.807) is 29.9 Å². The van der Waals surface area contributed by atoms with Gasteiger partial charge < -0.3 is 5.11 Å². The van der Waals surface area contributed by atoms with Gasteiger partial charge in [-0.2, -0.15) is 0 Å². The van der Waals surface area contributed by atoms with Crippen LogP contribution in [0.4, 0.5) is 17.3 Å². The fraction of sp³-hybridized carbons (Fsp3) is 0.174. The largest absolute Gasteiger partial charge is 0.507 e. The molecule has 0 radical (unpaired) electrons. The summed E-state index contributed by atoms with van der Waals surface area (Å²) in [5.74, 6) is 1.65. The summed E-state index contributed by atoms with van der Waals surface area (Å²) in [7, 11) is 0. The lowest BCUT2D eigenvalue weighted by atomic mass is 9.78. The molecule has 8 rings (SSSR count). The van der Waals surface area contributed by atoms with E-state index in [9.17, 15) is 5.11 Å². The summed E-state index contributed by atoms with van der Waals surface area (Å²) in [4.78, 5) is 22.2. The van der Waals surface area contributed by atoms with Crippen molar-refractivity contribution in [3.8, 4) is 38.7 Å². The molecule has 0 aliphatic heterocycles. The van der Waals surface area contributed by atoms with Crippen LogP contribution in [0.2, 0.25) is 0 Å². The van der Waals surface area contributed by atoms with Gasteiger partial charge in [-0.3, -0.25) is 9.88 Å². The Hall–Kier alpha value is -5.92. The van der Waals surface area contributed by atoms with E-state index in [-0.39, 0.29) is 10.8 Å². The van der Waals surface area contributed by atoms with Crippen LogP contribution in [-0.4, -0.2) is 25.0 Å². The number of phenolic OH excluding ortho intramolecular Hbond substituents is 1. The molecule has 6 nitrogen and oxygen atoms in total. The minimum atomic E-state index is -0.270. The Bertz CT molecular complexity index is 2600. The van der Waals surface area contributed by atoms with E-state index in [0.29, 0.717) is 17.3 Å². The fourth-order valence-electron chi connectivity index (χ4n) is 6.79. The molecule has 0 spiro atoms. The first-order chi connectivity index (χ1) is 25.5. The number of rotatable bonds is 6. The molecule has 0 atom stereocenters. The maximum atomic E-state index is 12.0. The molecule has 8 aromatic rings. The average Bonchev–Trinajstić information content (AvgIpc) is 3.59. The van der Waals surface area contributed by atoms with Crippen LogP contribution in [0.25, 0.3) is 53.9 Å². The first kappa shape index (κ1) is 34.2. The molecule has 3 heterocycles. The third kappa shape index (κ3) is 6.53. The minimum Gasteiger partial charge on any atom is -0.507 e. The Balaban J connectivity index is 1.38. The molecule has 5 aromatic carbocycles. The zero-order valence-corrected chi connectivity index (χ0v) is 31.6. The number of thiazole rings is 1. The van der Waals surface area contributed by atoms with Crippen LogP contribution in [0.5, 0.6) is 5.75 Å². The van der Waals surface area contributed by atoms with E-state index < -0.39 is 0 Å². The molecule has 0 unspecified atom stereocenters. The minimum absolute atomic E-state index is 0.128. The van der Waals surface area contributed by atoms with Crippen LogP contribution < -0.4 is 4.90 Å². The van der Waals surface area contributed by atoms with E-state index in [1.165, 1.54) is 0 Å². The van der Waals surface area contributed by atoms with Crippen LogP contribution in [0.1, 0.15) is 52.7 Å². The Kier molecular flexibility index (Phi) is 8.54. The zero-order chi connectivity index (χ0) is 36.9. The molecule has 0 aliphatic carbocycles. The van der Waals surface area contributed by atoms with Crippen LogP contribution in [0, 0.1) is 0 Å². The Morgan fingerprint density at radius 2 is 1.40 bits per heavy atom. The van der Waals surface area contributed by atoms with Crippen molar-refractivity contribution >= 4 is 49.6 Å². The van der Waals surface area contributed by atoms with Gasteiger partial charge in [0.25, 0.3) is 0 Å². The van der Waals surface area contributed by atoms with Crippen molar-refractivity contribution in [1.82, 2.24) is 19.9 Å². The van der Waals surface area contributed by atoms with Crippen LogP contribution >= 0.6 is 11.3 Å². The maximum absolute atomic E-state index is 12.0. The van der Waals surface area contributed by atoms with Crippen LogP contribution in [0.3, 0.4) is 0 Å². The fourth-order valence-corrected chi connectivity index (χ4v) is 7.83. The van der Waals surface area contributed by atoms with Gasteiger partial charge in [0.05, 0.1) is 34.0 Å². The molecule has 3 aromatic heterocycles. The number of anilines is 3. The average molecular weight is 712 g/mol. The monoisotopic (exact) mass is 711 g/mol. The lowest BCUT2D eigenvalue weighted by Crippen LogP contribution is -2.17. The number of hydrogen-bond donors (Lipinski definition) is 1. The number of nitrogens with zero attached hydrogens (tertiary/aromatic N) is 5. The number of benzene rings is 5. The van der Waals surface area contributed by atoms with Crippen LogP contribution in [-0.2, 0) is 10.8 Å². The SMILES string of the molecule is CC(C)(C)c1cc(-c2cc(-c3cncc(N(c4ccccn4)c4cccc5ccccc45)n3)c3nc(-c4ccccc4)sc3c2)c(O)c(C(C)(C)C)c1. The van der Waals surface area contributed by atoms with E-state index in [4.69, 9.17) is 19.9 Å².